The van der Waals surface area contributed by atoms with E-state index in [0.717, 1.165) is 11.3 Å². The number of anilines is 4. The lowest BCUT2D eigenvalue weighted by Crippen LogP contribution is -2.59. The Morgan fingerprint density at radius 2 is 1.79 bits per heavy atom. The van der Waals surface area contributed by atoms with Gasteiger partial charge in [-0.1, -0.05) is 18.2 Å². The van der Waals surface area contributed by atoms with E-state index in [4.69, 9.17) is 11.5 Å². The molecule has 0 aliphatic carbocycles. The van der Waals surface area contributed by atoms with Crippen molar-refractivity contribution >= 4 is 29.2 Å². The Balaban J connectivity index is 1.53. The molecule has 3 aromatic heterocycles. The first-order valence-electron chi connectivity index (χ1n) is 10.7. The average Bonchev–Trinajstić information content (AvgIpc) is 3.21. The van der Waals surface area contributed by atoms with Crippen LogP contribution in [-0.2, 0) is 0 Å². The topological polar surface area (TPSA) is 153 Å². The van der Waals surface area contributed by atoms with Crippen molar-refractivity contribution in [3.63, 3.8) is 0 Å². The summed E-state index contributed by atoms with van der Waals surface area (Å²) in [4.78, 5) is 32.0. The fourth-order valence-corrected chi connectivity index (χ4v) is 4.11. The smallest absolute Gasteiger partial charge is 0.278 e. The third-order valence-electron chi connectivity index (χ3n) is 5.77. The molecule has 0 bridgehead atoms. The van der Waals surface area contributed by atoms with Gasteiger partial charge in [-0.25, -0.2) is 19.9 Å². The average molecular weight is 457 g/mol. The summed E-state index contributed by atoms with van der Waals surface area (Å²) >= 11 is 0. The summed E-state index contributed by atoms with van der Waals surface area (Å²) in [6, 6.07) is 11.2. The predicted molar refractivity (Wildman–Crippen MR) is 131 cm³/mol. The lowest BCUT2D eigenvalue weighted by atomic mass is 10.1. The Morgan fingerprint density at radius 1 is 1.06 bits per heavy atom. The highest BCUT2D eigenvalue weighted by Crippen LogP contribution is 2.32. The minimum absolute atomic E-state index is 0.0968. The maximum Gasteiger partial charge on any atom is 0.278 e. The summed E-state index contributed by atoms with van der Waals surface area (Å²) < 4.78 is 1.77. The zero-order valence-corrected chi connectivity index (χ0v) is 18.7. The van der Waals surface area contributed by atoms with Crippen LogP contribution in [0.2, 0.25) is 0 Å². The Hall–Kier alpha value is -4.67. The number of hydrogen-bond donors (Lipinski definition) is 4. The standard InChI is InChI=1S/C23H24N10O/c1-13-8-9-32-18(13)22(34)33(16-6-4-3-5-7-16)21(31-32)14(2)30-20-17(19(24)28-12-29-20)15-10-26-23(25)27-11-15/h3-12,14,21,31H,1-2H3,(H2,25,26,27)(H3,24,28,29,30)/t14-,21?/m0/s1. The maximum atomic E-state index is 13.6. The van der Waals surface area contributed by atoms with Crippen LogP contribution in [0.3, 0.4) is 0 Å². The summed E-state index contributed by atoms with van der Waals surface area (Å²) in [5, 5.41) is 3.40. The van der Waals surface area contributed by atoms with Crippen molar-refractivity contribution in [3.8, 4) is 11.1 Å². The van der Waals surface area contributed by atoms with Crippen LogP contribution >= 0.6 is 0 Å². The molecule has 0 radical (unpaired) electrons. The van der Waals surface area contributed by atoms with E-state index >= 15 is 0 Å². The molecule has 4 heterocycles. The molecule has 11 nitrogen and oxygen atoms in total. The van der Waals surface area contributed by atoms with Gasteiger partial charge in [0.25, 0.3) is 5.91 Å². The molecule has 5 rings (SSSR count). The molecule has 4 aromatic rings. The van der Waals surface area contributed by atoms with Crippen LogP contribution in [0.15, 0.2) is 61.3 Å². The SMILES string of the molecule is Cc1ccn2c1C(=O)N(c1ccccc1)C([C@H](C)Nc1ncnc(N)c1-c1cnc(N)nc1)N2. The molecule has 11 heteroatoms. The third-order valence-corrected chi connectivity index (χ3v) is 5.77. The Labute approximate surface area is 195 Å². The Kier molecular flexibility index (Phi) is 5.21. The monoisotopic (exact) mass is 456 g/mol. The number of aryl methyl sites for hydroxylation is 1. The second-order valence-electron chi connectivity index (χ2n) is 8.05. The molecule has 0 fully saturated rings. The van der Waals surface area contributed by atoms with Gasteiger partial charge in [0, 0.05) is 29.8 Å². The number of rotatable bonds is 5. The number of nitrogens with two attached hydrogens (primary N) is 2. The van der Waals surface area contributed by atoms with Crippen LogP contribution in [0.5, 0.6) is 0 Å². The van der Waals surface area contributed by atoms with Crippen molar-refractivity contribution in [1.82, 2.24) is 24.6 Å². The van der Waals surface area contributed by atoms with Crippen molar-refractivity contribution in [1.29, 1.82) is 0 Å². The van der Waals surface area contributed by atoms with Crippen LogP contribution in [-0.4, -0.2) is 42.7 Å². The highest BCUT2D eigenvalue weighted by Gasteiger charge is 2.37. The van der Waals surface area contributed by atoms with E-state index in [9.17, 15) is 4.79 Å². The highest BCUT2D eigenvalue weighted by molar-refractivity contribution is 6.07. The van der Waals surface area contributed by atoms with Crippen LogP contribution in [0, 0.1) is 6.92 Å². The number of para-hydroxylation sites is 1. The molecule has 34 heavy (non-hydrogen) atoms. The van der Waals surface area contributed by atoms with Gasteiger partial charge in [0.15, 0.2) is 0 Å². The van der Waals surface area contributed by atoms with E-state index in [0.29, 0.717) is 22.6 Å². The Morgan fingerprint density at radius 3 is 2.53 bits per heavy atom. The van der Waals surface area contributed by atoms with Crippen LogP contribution < -0.4 is 27.1 Å². The maximum absolute atomic E-state index is 13.6. The van der Waals surface area contributed by atoms with E-state index < -0.39 is 6.17 Å². The van der Waals surface area contributed by atoms with Crippen molar-refractivity contribution < 1.29 is 4.79 Å². The van der Waals surface area contributed by atoms with Gasteiger partial charge in [-0.3, -0.25) is 14.4 Å². The first-order valence-corrected chi connectivity index (χ1v) is 10.7. The number of amides is 1. The summed E-state index contributed by atoms with van der Waals surface area (Å²) in [7, 11) is 0. The fraction of sp³-hybridized carbons (Fsp3) is 0.174. The van der Waals surface area contributed by atoms with Crippen molar-refractivity contribution in [2.24, 2.45) is 0 Å². The molecule has 1 aliphatic heterocycles. The molecule has 1 aromatic carbocycles. The lowest BCUT2D eigenvalue weighted by Gasteiger charge is -2.41. The van der Waals surface area contributed by atoms with E-state index in [-0.39, 0.29) is 23.7 Å². The zero-order valence-electron chi connectivity index (χ0n) is 18.7. The number of fused-ring (bicyclic) bond motifs is 1. The molecule has 0 saturated carbocycles. The van der Waals surface area contributed by atoms with E-state index in [1.165, 1.54) is 6.33 Å². The Bertz CT molecular complexity index is 1340. The number of hydrogen-bond acceptors (Lipinski definition) is 9. The number of carbonyl (C=O) groups excluding carboxylic acids is 1. The normalized spacial score (nSPS) is 16.0. The number of nitrogen functional groups attached to an aromatic ring is 2. The summed E-state index contributed by atoms with van der Waals surface area (Å²) in [6.07, 6.45) is 5.93. The van der Waals surface area contributed by atoms with Gasteiger partial charge in [-0.05, 0) is 37.6 Å². The third kappa shape index (κ3) is 3.62. The number of nitrogens with one attached hydrogen (secondary N) is 2. The molecule has 172 valence electrons. The number of carbonyl (C=O) groups is 1. The second kappa shape index (κ2) is 8.35. The van der Waals surface area contributed by atoms with Crippen molar-refractivity contribution in [2.45, 2.75) is 26.1 Å². The quantitative estimate of drug-likeness (QED) is 0.354. The zero-order chi connectivity index (χ0) is 23.8. The highest BCUT2D eigenvalue weighted by atomic mass is 16.2. The van der Waals surface area contributed by atoms with E-state index in [2.05, 4.69) is 30.7 Å². The van der Waals surface area contributed by atoms with Crippen LogP contribution in [0.4, 0.5) is 23.3 Å². The first kappa shape index (κ1) is 21.2. The molecule has 1 unspecified atom stereocenters. The minimum atomic E-state index is -0.444. The van der Waals surface area contributed by atoms with Crippen LogP contribution in [0.1, 0.15) is 23.0 Å². The van der Waals surface area contributed by atoms with Crippen molar-refractivity contribution in [3.05, 3.63) is 72.6 Å². The fourth-order valence-electron chi connectivity index (χ4n) is 4.11. The van der Waals surface area contributed by atoms with Crippen LogP contribution in [0.25, 0.3) is 11.1 Å². The molecule has 6 N–H and O–H groups in total. The lowest BCUT2D eigenvalue weighted by molar-refractivity contribution is 0.0954. The molecule has 0 spiro atoms. The van der Waals surface area contributed by atoms with E-state index in [1.54, 1.807) is 22.0 Å². The second-order valence-corrected chi connectivity index (χ2v) is 8.05. The number of benzene rings is 1. The van der Waals surface area contributed by atoms with Crippen molar-refractivity contribution in [2.75, 3.05) is 27.1 Å². The van der Waals surface area contributed by atoms with Gasteiger partial charge in [0.1, 0.15) is 29.8 Å². The number of aromatic nitrogens is 5. The number of nitrogens with zero attached hydrogens (tertiary/aromatic N) is 6. The summed E-state index contributed by atoms with van der Waals surface area (Å²) in [6.45, 7) is 3.88. The first-order chi connectivity index (χ1) is 16.4. The summed E-state index contributed by atoms with van der Waals surface area (Å²) in [5.74, 6) is 0.822. The van der Waals surface area contributed by atoms with Gasteiger partial charge in [-0.2, -0.15) is 0 Å². The van der Waals surface area contributed by atoms with Gasteiger partial charge in [0.2, 0.25) is 5.95 Å². The van der Waals surface area contributed by atoms with Gasteiger partial charge in [0.05, 0.1) is 11.6 Å². The minimum Gasteiger partial charge on any atom is -0.383 e. The van der Waals surface area contributed by atoms with E-state index in [1.807, 2.05) is 56.4 Å². The van der Waals surface area contributed by atoms with Gasteiger partial charge < -0.3 is 22.2 Å². The largest absolute Gasteiger partial charge is 0.383 e. The molecule has 1 amide bonds. The predicted octanol–water partition coefficient (Wildman–Crippen LogP) is 2.24. The molecule has 1 aliphatic rings. The molecule has 0 saturated heterocycles. The van der Waals surface area contributed by atoms with Gasteiger partial charge in [-0.15, -0.1) is 0 Å². The molecular formula is C23H24N10O. The van der Waals surface area contributed by atoms with Gasteiger partial charge >= 0.3 is 0 Å². The molecular weight excluding hydrogens is 432 g/mol. The summed E-state index contributed by atoms with van der Waals surface area (Å²) in [5.41, 5.74) is 18.7. The molecule has 2 atom stereocenters.